The van der Waals surface area contributed by atoms with Crippen LogP contribution in [0.4, 0.5) is 4.79 Å². The molecule has 0 aliphatic carbocycles. The second kappa shape index (κ2) is 15.6. The molecule has 2 N–H and O–H groups in total. The molecule has 1 saturated heterocycles. The molecule has 1 aliphatic rings. The summed E-state index contributed by atoms with van der Waals surface area (Å²) in [7, 11) is 0. The zero-order valence-electron chi connectivity index (χ0n) is 23.1. The Kier molecular flexibility index (Phi) is 11.9. The number of benzene rings is 1. The number of carbonyl (C=O) groups excluding carboxylic acids is 4. The van der Waals surface area contributed by atoms with E-state index < -0.39 is 42.6 Å². The number of amides is 2. The number of carboxylic acid groups (broad SMARTS) is 1. The molecule has 2 amide bonds. The number of hydrogen-bond acceptors (Lipinski definition) is 11. The number of ether oxygens (including phenoxy) is 3. The van der Waals surface area contributed by atoms with Gasteiger partial charge in [0.2, 0.25) is 11.8 Å². The van der Waals surface area contributed by atoms with E-state index in [9.17, 15) is 29.1 Å². The molecular weight excluding hydrogens is 578 g/mol. The number of nitrogens with zero attached hydrogens (tertiary/aromatic N) is 4. The van der Waals surface area contributed by atoms with Gasteiger partial charge in [-0.15, -0.1) is 5.06 Å². The highest BCUT2D eigenvalue weighted by Crippen LogP contribution is 2.22. The van der Waals surface area contributed by atoms with Crippen molar-refractivity contribution in [3.05, 3.63) is 41.0 Å². The third-order valence-electron chi connectivity index (χ3n) is 5.87. The van der Waals surface area contributed by atoms with E-state index in [0.29, 0.717) is 10.7 Å². The lowest BCUT2D eigenvalue weighted by molar-refractivity contribution is -0.157. The molecule has 0 bridgehead atoms. The number of nitrogens with one attached hydrogen (secondary N) is 1. The number of hydrogen-bond donors (Lipinski definition) is 2. The Morgan fingerprint density at radius 1 is 1.05 bits per heavy atom. The van der Waals surface area contributed by atoms with Gasteiger partial charge in [-0.2, -0.15) is 5.10 Å². The molecule has 3 rings (SSSR count). The Morgan fingerprint density at radius 2 is 1.76 bits per heavy atom. The first-order chi connectivity index (χ1) is 20.1. The number of carboxylic acids is 1. The molecule has 0 radical (unpaired) electrons. The van der Waals surface area contributed by atoms with Crippen molar-refractivity contribution < 1.29 is 48.1 Å². The monoisotopic (exact) mass is 609 g/mol. The van der Waals surface area contributed by atoms with Gasteiger partial charge in [-0.1, -0.05) is 17.7 Å². The quantitative estimate of drug-likeness (QED) is 0.314. The molecule has 2 heterocycles. The lowest BCUT2D eigenvalue weighted by atomic mass is 10.1. The number of carbonyl (C=O) groups is 5. The third-order valence-corrected chi connectivity index (χ3v) is 6.11. The molecular formula is C26H32ClN5O10. The number of aromatic nitrogens is 2. The van der Waals surface area contributed by atoms with Gasteiger partial charge in [0, 0.05) is 30.6 Å². The van der Waals surface area contributed by atoms with Crippen molar-refractivity contribution in [2.75, 3.05) is 46.0 Å². The van der Waals surface area contributed by atoms with Crippen molar-refractivity contribution >= 4 is 41.5 Å². The summed E-state index contributed by atoms with van der Waals surface area (Å²) in [6.07, 6.45) is -1.42. The maximum atomic E-state index is 13.3. The van der Waals surface area contributed by atoms with Gasteiger partial charge in [-0.05, 0) is 38.5 Å². The summed E-state index contributed by atoms with van der Waals surface area (Å²) in [6, 6.07) is 6.61. The molecule has 0 unspecified atom stereocenters. The van der Waals surface area contributed by atoms with E-state index in [4.69, 9.17) is 30.6 Å². The molecule has 42 heavy (non-hydrogen) atoms. The zero-order valence-corrected chi connectivity index (χ0v) is 23.9. The predicted octanol–water partition coefficient (Wildman–Crippen LogP) is 1.66. The van der Waals surface area contributed by atoms with Crippen molar-refractivity contribution in [2.24, 2.45) is 0 Å². The summed E-state index contributed by atoms with van der Waals surface area (Å²) in [5, 5.41) is 17.8. The average Bonchev–Trinajstić information content (AvgIpc) is 3.39. The summed E-state index contributed by atoms with van der Waals surface area (Å²) < 4.78 is 16.4. The Hall–Kier alpha value is -4.37. The number of esters is 1. The fourth-order valence-corrected chi connectivity index (χ4v) is 4.12. The lowest BCUT2D eigenvalue weighted by Crippen LogP contribution is -2.55. The average molecular weight is 610 g/mol. The van der Waals surface area contributed by atoms with Crippen molar-refractivity contribution in [3.63, 3.8) is 0 Å². The van der Waals surface area contributed by atoms with Crippen molar-refractivity contribution in [3.8, 4) is 11.6 Å². The number of rotatable bonds is 13. The van der Waals surface area contributed by atoms with Gasteiger partial charge in [0.25, 0.3) is 5.91 Å². The van der Waals surface area contributed by atoms with Crippen LogP contribution < -0.4 is 10.1 Å². The fourth-order valence-electron chi connectivity index (χ4n) is 3.93. The fraction of sp³-hybridized carbons (Fsp3) is 0.462. The van der Waals surface area contributed by atoms with E-state index in [1.54, 1.807) is 38.1 Å². The van der Waals surface area contributed by atoms with E-state index in [1.165, 1.54) is 20.7 Å². The summed E-state index contributed by atoms with van der Waals surface area (Å²) in [5.74, 6) is -3.02. The second-order valence-corrected chi connectivity index (χ2v) is 9.28. The van der Waals surface area contributed by atoms with Gasteiger partial charge in [0.1, 0.15) is 6.04 Å². The van der Waals surface area contributed by atoms with E-state index in [1.807, 2.05) is 0 Å². The van der Waals surface area contributed by atoms with Crippen LogP contribution >= 0.6 is 11.6 Å². The van der Waals surface area contributed by atoms with Gasteiger partial charge in [-0.3, -0.25) is 14.4 Å². The second-order valence-electron chi connectivity index (χ2n) is 8.84. The minimum Gasteiger partial charge on any atom is -0.481 e. The van der Waals surface area contributed by atoms with Gasteiger partial charge in [-0.25, -0.2) is 14.3 Å². The summed E-state index contributed by atoms with van der Waals surface area (Å²) >= 11 is 6.11. The SMILES string of the molecule is CCOC(=O)COc1cc(C(=O)N[C@@H](CCC(=O)O)C(=O)N2CCN(OC(=O)OCC)CC2)nn1-c1cccc(Cl)c1. The van der Waals surface area contributed by atoms with Crippen LogP contribution in [0.15, 0.2) is 30.3 Å². The predicted molar refractivity (Wildman–Crippen MR) is 145 cm³/mol. The lowest BCUT2D eigenvalue weighted by Gasteiger charge is -2.35. The smallest absolute Gasteiger partial charge is 0.481 e. The van der Waals surface area contributed by atoms with E-state index >= 15 is 0 Å². The molecule has 1 atom stereocenters. The number of hydroxylamine groups is 2. The first-order valence-corrected chi connectivity index (χ1v) is 13.5. The summed E-state index contributed by atoms with van der Waals surface area (Å²) in [5.41, 5.74) is 0.274. The highest BCUT2D eigenvalue weighted by molar-refractivity contribution is 6.30. The molecule has 0 saturated carbocycles. The molecule has 1 aliphatic heterocycles. The molecule has 1 aromatic carbocycles. The van der Waals surface area contributed by atoms with Crippen LogP contribution in [-0.2, 0) is 28.7 Å². The topological polar surface area (TPSA) is 179 Å². The Bertz CT molecular complexity index is 1280. The van der Waals surface area contributed by atoms with E-state index in [-0.39, 0.29) is 63.8 Å². The summed E-state index contributed by atoms with van der Waals surface area (Å²) in [6.45, 7) is 3.84. The van der Waals surface area contributed by atoms with Gasteiger partial charge >= 0.3 is 18.1 Å². The Morgan fingerprint density at radius 3 is 2.40 bits per heavy atom. The minimum absolute atomic E-state index is 0.0293. The van der Waals surface area contributed by atoms with E-state index in [2.05, 4.69) is 10.4 Å². The van der Waals surface area contributed by atoms with Crippen LogP contribution in [0.3, 0.4) is 0 Å². The number of halogens is 1. The van der Waals surface area contributed by atoms with Gasteiger partial charge in [0.15, 0.2) is 12.3 Å². The Labute approximate surface area is 246 Å². The minimum atomic E-state index is -1.19. The normalized spacial score (nSPS) is 14.0. The maximum Gasteiger partial charge on any atom is 0.527 e. The summed E-state index contributed by atoms with van der Waals surface area (Å²) in [4.78, 5) is 67.8. The third kappa shape index (κ3) is 9.34. The van der Waals surface area contributed by atoms with Gasteiger partial charge in [0.05, 0.1) is 32.0 Å². The molecule has 2 aromatic rings. The number of aliphatic carboxylic acids is 1. The van der Waals surface area contributed by atoms with Crippen LogP contribution in [0.1, 0.15) is 37.2 Å². The molecule has 15 nitrogen and oxygen atoms in total. The zero-order chi connectivity index (χ0) is 30.6. The van der Waals surface area contributed by atoms with Crippen LogP contribution in [-0.4, -0.2) is 107 Å². The van der Waals surface area contributed by atoms with Crippen molar-refractivity contribution in [1.82, 2.24) is 25.1 Å². The largest absolute Gasteiger partial charge is 0.527 e. The van der Waals surface area contributed by atoms with Crippen LogP contribution in [0.25, 0.3) is 5.69 Å². The maximum absolute atomic E-state index is 13.3. The number of piperazine rings is 1. The van der Waals surface area contributed by atoms with Crippen LogP contribution in [0, 0.1) is 0 Å². The first-order valence-electron chi connectivity index (χ1n) is 13.2. The Balaban J connectivity index is 1.76. The van der Waals surface area contributed by atoms with Crippen molar-refractivity contribution in [2.45, 2.75) is 32.7 Å². The standard InChI is InChI=1S/C26H32ClN5O10/c1-3-39-23(35)16-41-21-15-20(29-32(21)18-7-5-6-17(27)14-18)24(36)28-19(8-9-22(33)34)25(37)30-10-12-31(13-11-30)42-26(38)40-4-2/h5-7,14-15,19H,3-4,8-13,16H2,1-2H3,(H,28,36)(H,33,34)/t19-/m0/s1. The highest BCUT2D eigenvalue weighted by Gasteiger charge is 2.31. The molecule has 0 spiro atoms. The molecule has 1 fully saturated rings. The molecule has 1 aromatic heterocycles. The van der Waals surface area contributed by atoms with E-state index in [0.717, 1.165) is 0 Å². The molecule has 228 valence electrons. The van der Waals surface area contributed by atoms with Crippen LogP contribution in [0.2, 0.25) is 5.02 Å². The van der Waals surface area contributed by atoms with Crippen molar-refractivity contribution in [1.29, 1.82) is 0 Å². The van der Waals surface area contributed by atoms with Crippen LogP contribution in [0.5, 0.6) is 5.88 Å². The molecule has 16 heteroatoms. The first kappa shape index (κ1) is 32.1. The highest BCUT2D eigenvalue weighted by atomic mass is 35.5. The van der Waals surface area contributed by atoms with Gasteiger partial charge < -0.3 is 34.4 Å².